The van der Waals surface area contributed by atoms with Gasteiger partial charge in [-0.25, -0.2) is 4.39 Å². The van der Waals surface area contributed by atoms with Crippen LogP contribution < -0.4 is 5.32 Å². The van der Waals surface area contributed by atoms with E-state index in [9.17, 15) is 14.5 Å². The lowest BCUT2D eigenvalue weighted by atomic mass is 9.89. The number of halogens is 2. The average molecular weight is 287 g/mol. The number of rotatable bonds is 4. The van der Waals surface area contributed by atoms with Crippen LogP contribution in [0.5, 0.6) is 0 Å². The van der Waals surface area contributed by atoms with Crippen LogP contribution in [-0.4, -0.2) is 11.5 Å². The van der Waals surface area contributed by atoms with Crippen molar-refractivity contribution in [1.82, 2.24) is 0 Å². The molecule has 0 amide bonds. The van der Waals surface area contributed by atoms with E-state index in [1.807, 2.05) is 0 Å². The van der Waals surface area contributed by atoms with E-state index in [1.54, 1.807) is 0 Å². The maximum absolute atomic E-state index is 13.3. The van der Waals surface area contributed by atoms with Crippen LogP contribution in [0.25, 0.3) is 0 Å². The van der Waals surface area contributed by atoms with Crippen LogP contribution in [-0.2, 0) is 0 Å². The summed E-state index contributed by atoms with van der Waals surface area (Å²) in [5, 5.41) is 13.8. The van der Waals surface area contributed by atoms with Crippen molar-refractivity contribution in [2.45, 2.75) is 32.1 Å². The molecule has 19 heavy (non-hydrogen) atoms. The molecule has 104 valence electrons. The Morgan fingerprint density at radius 3 is 2.68 bits per heavy atom. The first-order valence-electron chi connectivity index (χ1n) is 6.45. The topological polar surface area (TPSA) is 55.2 Å². The second kappa shape index (κ2) is 6.19. The molecular formula is C13H16ClFN2O2. The molecule has 0 aliphatic heterocycles. The molecule has 0 atom stereocenters. The molecular weight excluding hydrogens is 271 g/mol. The van der Waals surface area contributed by atoms with Crippen molar-refractivity contribution in [3.05, 3.63) is 33.1 Å². The quantitative estimate of drug-likeness (QED) is 0.660. The van der Waals surface area contributed by atoms with Gasteiger partial charge >= 0.3 is 0 Å². The molecule has 4 nitrogen and oxygen atoms in total. The highest BCUT2D eigenvalue weighted by Crippen LogP contribution is 2.31. The molecule has 0 heterocycles. The van der Waals surface area contributed by atoms with Crippen molar-refractivity contribution in [2.75, 3.05) is 11.9 Å². The van der Waals surface area contributed by atoms with Crippen LogP contribution in [0.3, 0.4) is 0 Å². The Morgan fingerprint density at radius 1 is 1.37 bits per heavy atom. The lowest BCUT2D eigenvalue weighted by Gasteiger charge is -2.22. The van der Waals surface area contributed by atoms with Gasteiger partial charge in [-0.3, -0.25) is 10.1 Å². The van der Waals surface area contributed by atoms with Crippen LogP contribution in [0.1, 0.15) is 32.1 Å². The van der Waals surface area contributed by atoms with Crippen molar-refractivity contribution < 1.29 is 9.31 Å². The van der Waals surface area contributed by atoms with Gasteiger partial charge in [-0.05, 0) is 24.8 Å². The van der Waals surface area contributed by atoms with Gasteiger partial charge in [0.2, 0.25) is 0 Å². The molecule has 1 aliphatic carbocycles. The highest BCUT2D eigenvalue weighted by atomic mass is 35.5. The number of nitrogens with zero attached hydrogens (tertiary/aromatic N) is 1. The fourth-order valence-electron chi connectivity index (χ4n) is 2.47. The van der Waals surface area contributed by atoms with Crippen LogP contribution in [0.15, 0.2) is 12.1 Å². The van der Waals surface area contributed by atoms with Gasteiger partial charge in [0.15, 0.2) is 0 Å². The molecule has 0 spiro atoms. The lowest BCUT2D eigenvalue weighted by molar-refractivity contribution is -0.384. The van der Waals surface area contributed by atoms with Gasteiger partial charge < -0.3 is 5.32 Å². The summed E-state index contributed by atoms with van der Waals surface area (Å²) in [7, 11) is 0. The second-order valence-corrected chi connectivity index (χ2v) is 5.33. The van der Waals surface area contributed by atoms with Crippen molar-refractivity contribution in [3.63, 3.8) is 0 Å². The van der Waals surface area contributed by atoms with E-state index < -0.39 is 10.7 Å². The first-order chi connectivity index (χ1) is 9.08. The van der Waals surface area contributed by atoms with E-state index in [0.717, 1.165) is 18.9 Å². The predicted octanol–water partition coefficient (Wildman–Crippen LogP) is 4.38. The minimum atomic E-state index is -0.767. The molecule has 1 N–H and O–H groups in total. The highest BCUT2D eigenvalue weighted by molar-refractivity contribution is 6.31. The minimum absolute atomic E-state index is 0.100. The molecule has 0 unspecified atom stereocenters. The summed E-state index contributed by atoms with van der Waals surface area (Å²) in [5.41, 5.74) is 0.0275. The number of benzene rings is 1. The van der Waals surface area contributed by atoms with Crippen LogP contribution in [0.2, 0.25) is 5.02 Å². The minimum Gasteiger partial charge on any atom is -0.379 e. The molecule has 2 rings (SSSR count). The monoisotopic (exact) mass is 286 g/mol. The van der Waals surface area contributed by atoms with E-state index in [0.29, 0.717) is 18.2 Å². The van der Waals surface area contributed by atoms with E-state index >= 15 is 0 Å². The summed E-state index contributed by atoms with van der Waals surface area (Å²) >= 11 is 5.67. The zero-order chi connectivity index (χ0) is 13.8. The number of anilines is 1. The zero-order valence-electron chi connectivity index (χ0n) is 10.5. The van der Waals surface area contributed by atoms with Gasteiger partial charge in [0.05, 0.1) is 16.0 Å². The molecule has 1 aromatic carbocycles. The Kier molecular flexibility index (Phi) is 4.58. The summed E-state index contributed by atoms with van der Waals surface area (Å²) in [6.45, 7) is 0.669. The van der Waals surface area contributed by atoms with Gasteiger partial charge in [0.25, 0.3) is 5.69 Å². The van der Waals surface area contributed by atoms with Crippen molar-refractivity contribution >= 4 is 23.0 Å². The maximum Gasteiger partial charge on any atom is 0.295 e. The van der Waals surface area contributed by atoms with Gasteiger partial charge in [-0.1, -0.05) is 30.9 Å². The fourth-order valence-corrected chi connectivity index (χ4v) is 2.64. The second-order valence-electron chi connectivity index (χ2n) is 4.93. The molecule has 0 saturated heterocycles. The lowest BCUT2D eigenvalue weighted by Crippen LogP contribution is -2.17. The molecule has 1 fully saturated rings. The number of nitrogens with one attached hydrogen (secondary N) is 1. The van der Waals surface area contributed by atoms with Gasteiger partial charge in [0.1, 0.15) is 11.5 Å². The van der Waals surface area contributed by atoms with E-state index in [2.05, 4.69) is 5.32 Å². The molecule has 1 aromatic rings. The van der Waals surface area contributed by atoms with Crippen LogP contribution >= 0.6 is 11.6 Å². The average Bonchev–Trinajstić information content (AvgIpc) is 2.40. The van der Waals surface area contributed by atoms with Crippen LogP contribution in [0.4, 0.5) is 15.8 Å². The van der Waals surface area contributed by atoms with Crippen molar-refractivity contribution in [3.8, 4) is 0 Å². The smallest absolute Gasteiger partial charge is 0.295 e. The molecule has 1 saturated carbocycles. The predicted molar refractivity (Wildman–Crippen MR) is 73.1 cm³/mol. The van der Waals surface area contributed by atoms with Crippen molar-refractivity contribution in [1.29, 1.82) is 0 Å². The fraction of sp³-hybridized carbons (Fsp3) is 0.538. The molecule has 0 radical (unpaired) electrons. The maximum atomic E-state index is 13.3. The van der Waals surface area contributed by atoms with Crippen LogP contribution in [0, 0.1) is 21.8 Å². The normalized spacial score (nSPS) is 16.3. The summed E-state index contributed by atoms with van der Waals surface area (Å²) in [4.78, 5) is 10.3. The van der Waals surface area contributed by atoms with Gasteiger partial charge in [-0.15, -0.1) is 0 Å². The Morgan fingerprint density at radius 2 is 2.05 bits per heavy atom. The summed E-state index contributed by atoms with van der Waals surface area (Å²) < 4.78 is 13.3. The zero-order valence-corrected chi connectivity index (χ0v) is 11.3. The Bertz CT molecular complexity index is 476. The standard InChI is InChI=1S/C13H16ClFN2O2/c14-10-6-12(13(17(18)19)7-11(10)15)16-8-9-4-2-1-3-5-9/h6-7,9,16H,1-5,8H2. The Labute approximate surface area is 116 Å². The summed E-state index contributed by atoms with van der Waals surface area (Å²) in [6, 6.07) is 2.16. The number of hydrogen-bond donors (Lipinski definition) is 1. The third-order valence-corrected chi connectivity index (χ3v) is 3.83. The first kappa shape index (κ1) is 14.1. The Hall–Kier alpha value is -1.36. The number of nitro benzene ring substituents is 1. The first-order valence-corrected chi connectivity index (χ1v) is 6.83. The third kappa shape index (κ3) is 3.56. The SMILES string of the molecule is O=[N+]([O-])c1cc(F)c(Cl)cc1NCC1CCCCC1. The van der Waals surface area contributed by atoms with E-state index in [1.165, 1.54) is 25.3 Å². The van der Waals surface area contributed by atoms with Gasteiger partial charge in [-0.2, -0.15) is 0 Å². The number of hydrogen-bond acceptors (Lipinski definition) is 3. The summed E-state index contributed by atoms with van der Waals surface area (Å²) in [6.07, 6.45) is 5.95. The molecule has 6 heteroatoms. The van der Waals surface area contributed by atoms with E-state index in [4.69, 9.17) is 11.6 Å². The summed E-state index contributed by atoms with van der Waals surface area (Å²) in [5.74, 6) is -0.242. The molecule has 1 aliphatic rings. The van der Waals surface area contributed by atoms with Gasteiger partial charge in [0, 0.05) is 6.54 Å². The third-order valence-electron chi connectivity index (χ3n) is 3.54. The Balaban J connectivity index is 2.09. The number of nitro groups is 1. The molecule has 0 aromatic heterocycles. The highest BCUT2D eigenvalue weighted by Gasteiger charge is 2.19. The van der Waals surface area contributed by atoms with Crippen molar-refractivity contribution in [2.24, 2.45) is 5.92 Å². The van der Waals surface area contributed by atoms with E-state index in [-0.39, 0.29) is 10.7 Å². The largest absolute Gasteiger partial charge is 0.379 e. The molecule has 0 bridgehead atoms.